The van der Waals surface area contributed by atoms with E-state index in [9.17, 15) is 4.79 Å². The molecule has 0 aromatic heterocycles. The van der Waals surface area contributed by atoms with E-state index in [0.29, 0.717) is 12.5 Å². The van der Waals surface area contributed by atoms with Gasteiger partial charge in [0.1, 0.15) is 5.75 Å². The standard InChI is InChI=1S/C16H23NO3/c1-3-20-15-7-5-4-6-14(15)12(2)17(11-16(18)19)10-13-8-9-13/h4-7,12-13H,3,8-11H2,1-2H3,(H,18,19). The third-order valence-corrected chi connectivity index (χ3v) is 3.74. The predicted octanol–water partition coefficient (Wildman–Crippen LogP) is 2.94. The molecule has 1 aromatic carbocycles. The SMILES string of the molecule is CCOc1ccccc1C(C)N(CC(=O)O)CC1CC1. The van der Waals surface area contributed by atoms with Crippen molar-refractivity contribution in [1.29, 1.82) is 0 Å². The summed E-state index contributed by atoms with van der Waals surface area (Å²) < 4.78 is 5.66. The average molecular weight is 277 g/mol. The van der Waals surface area contributed by atoms with Crippen molar-refractivity contribution >= 4 is 5.97 Å². The zero-order valence-electron chi connectivity index (χ0n) is 12.2. The first-order valence-corrected chi connectivity index (χ1v) is 7.29. The lowest BCUT2D eigenvalue weighted by Crippen LogP contribution is -2.34. The molecule has 1 aliphatic carbocycles. The summed E-state index contributed by atoms with van der Waals surface area (Å²) in [6.07, 6.45) is 2.44. The summed E-state index contributed by atoms with van der Waals surface area (Å²) in [7, 11) is 0. The van der Waals surface area contributed by atoms with Crippen molar-refractivity contribution in [3.05, 3.63) is 29.8 Å². The third kappa shape index (κ3) is 3.97. The van der Waals surface area contributed by atoms with Crippen LogP contribution in [0.4, 0.5) is 0 Å². The van der Waals surface area contributed by atoms with Gasteiger partial charge in [0, 0.05) is 18.2 Å². The molecule has 0 radical (unpaired) electrons. The highest BCUT2D eigenvalue weighted by molar-refractivity contribution is 5.69. The summed E-state index contributed by atoms with van der Waals surface area (Å²) in [4.78, 5) is 13.1. The molecule has 2 rings (SSSR count). The van der Waals surface area contributed by atoms with Crippen LogP contribution < -0.4 is 4.74 Å². The van der Waals surface area contributed by atoms with Crippen molar-refractivity contribution in [3.8, 4) is 5.75 Å². The number of hydrogen-bond donors (Lipinski definition) is 1. The fraction of sp³-hybridized carbons (Fsp3) is 0.562. The Labute approximate surface area is 120 Å². The van der Waals surface area contributed by atoms with Gasteiger partial charge < -0.3 is 9.84 Å². The molecule has 0 aliphatic heterocycles. The van der Waals surface area contributed by atoms with Crippen molar-refractivity contribution in [2.45, 2.75) is 32.7 Å². The lowest BCUT2D eigenvalue weighted by Gasteiger charge is -2.29. The normalized spacial score (nSPS) is 16.1. The summed E-state index contributed by atoms with van der Waals surface area (Å²) in [5, 5.41) is 9.11. The maximum atomic E-state index is 11.1. The highest BCUT2D eigenvalue weighted by Crippen LogP contribution is 2.34. The maximum Gasteiger partial charge on any atom is 0.317 e. The predicted molar refractivity (Wildman–Crippen MR) is 78.0 cm³/mol. The van der Waals surface area contributed by atoms with Gasteiger partial charge in [0.05, 0.1) is 13.2 Å². The van der Waals surface area contributed by atoms with Crippen LogP contribution in [-0.4, -0.2) is 35.7 Å². The number of aliphatic carboxylic acids is 1. The Bertz CT molecular complexity index is 457. The highest BCUT2D eigenvalue weighted by Gasteiger charge is 2.29. The Morgan fingerprint density at radius 1 is 1.45 bits per heavy atom. The van der Waals surface area contributed by atoms with Crippen molar-refractivity contribution in [2.75, 3.05) is 19.7 Å². The number of nitrogens with zero attached hydrogens (tertiary/aromatic N) is 1. The molecule has 0 amide bonds. The Kier molecular flexibility index (Phi) is 5.01. The summed E-state index contributed by atoms with van der Waals surface area (Å²) >= 11 is 0. The first-order chi connectivity index (χ1) is 9.61. The molecule has 0 bridgehead atoms. The zero-order valence-corrected chi connectivity index (χ0v) is 12.2. The molecule has 1 unspecified atom stereocenters. The maximum absolute atomic E-state index is 11.1. The van der Waals surface area contributed by atoms with E-state index >= 15 is 0 Å². The molecule has 0 heterocycles. The largest absolute Gasteiger partial charge is 0.494 e. The van der Waals surface area contributed by atoms with Crippen molar-refractivity contribution < 1.29 is 14.6 Å². The number of carboxylic acids is 1. The number of carboxylic acid groups (broad SMARTS) is 1. The van der Waals surface area contributed by atoms with E-state index in [-0.39, 0.29) is 12.6 Å². The van der Waals surface area contributed by atoms with Crippen molar-refractivity contribution in [1.82, 2.24) is 4.90 Å². The molecule has 0 saturated heterocycles. The molecular formula is C16H23NO3. The minimum absolute atomic E-state index is 0.0504. The number of carbonyl (C=O) groups is 1. The van der Waals surface area contributed by atoms with Gasteiger partial charge in [-0.1, -0.05) is 18.2 Å². The summed E-state index contributed by atoms with van der Waals surface area (Å²) in [5.41, 5.74) is 1.07. The molecule has 1 aliphatic rings. The van der Waals surface area contributed by atoms with Gasteiger partial charge in [-0.2, -0.15) is 0 Å². The minimum Gasteiger partial charge on any atom is -0.494 e. The van der Waals surface area contributed by atoms with E-state index in [1.165, 1.54) is 12.8 Å². The molecule has 1 N–H and O–H groups in total. The van der Waals surface area contributed by atoms with Crippen LogP contribution in [-0.2, 0) is 4.79 Å². The van der Waals surface area contributed by atoms with E-state index < -0.39 is 5.97 Å². The zero-order chi connectivity index (χ0) is 14.5. The monoisotopic (exact) mass is 277 g/mol. The molecular weight excluding hydrogens is 254 g/mol. The molecule has 1 atom stereocenters. The van der Waals surface area contributed by atoms with E-state index in [1.807, 2.05) is 36.1 Å². The Morgan fingerprint density at radius 2 is 2.15 bits per heavy atom. The van der Waals surface area contributed by atoms with Crippen LogP contribution in [0.2, 0.25) is 0 Å². The fourth-order valence-electron chi connectivity index (χ4n) is 2.47. The number of benzene rings is 1. The number of para-hydroxylation sites is 1. The summed E-state index contributed by atoms with van der Waals surface area (Å²) in [6, 6.07) is 7.95. The molecule has 1 saturated carbocycles. The van der Waals surface area contributed by atoms with Crippen molar-refractivity contribution in [2.24, 2.45) is 5.92 Å². The van der Waals surface area contributed by atoms with Crippen molar-refractivity contribution in [3.63, 3.8) is 0 Å². The van der Waals surface area contributed by atoms with Gasteiger partial charge in [-0.3, -0.25) is 9.69 Å². The van der Waals surface area contributed by atoms with E-state index in [4.69, 9.17) is 9.84 Å². The van der Waals surface area contributed by atoms with Crippen LogP contribution in [0.3, 0.4) is 0 Å². The minimum atomic E-state index is -0.772. The second-order valence-electron chi connectivity index (χ2n) is 5.41. The molecule has 0 spiro atoms. The van der Waals surface area contributed by atoms with Crippen LogP contribution in [0, 0.1) is 5.92 Å². The fourth-order valence-corrected chi connectivity index (χ4v) is 2.47. The topological polar surface area (TPSA) is 49.8 Å². The lowest BCUT2D eigenvalue weighted by atomic mass is 10.1. The summed E-state index contributed by atoms with van der Waals surface area (Å²) in [5.74, 6) is 0.746. The van der Waals surface area contributed by atoms with Crippen LogP contribution in [0.15, 0.2) is 24.3 Å². The number of rotatable bonds is 8. The molecule has 1 aromatic rings. The first-order valence-electron chi connectivity index (χ1n) is 7.29. The first kappa shape index (κ1) is 14.9. The molecule has 1 fully saturated rings. The number of ether oxygens (including phenoxy) is 1. The Morgan fingerprint density at radius 3 is 2.75 bits per heavy atom. The van der Waals surface area contributed by atoms with Gasteiger partial charge >= 0.3 is 5.97 Å². The second kappa shape index (κ2) is 6.75. The van der Waals surface area contributed by atoms with E-state index in [2.05, 4.69) is 6.92 Å². The van der Waals surface area contributed by atoms with Gasteiger partial charge in [0.15, 0.2) is 0 Å². The lowest BCUT2D eigenvalue weighted by molar-refractivity contribution is -0.139. The second-order valence-corrected chi connectivity index (χ2v) is 5.41. The third-order valence-electron chi connectivity index (χ3n) is 3.74. The van der Waals surface area contributed by atoms with Crippen LogP contribution >= 0.6 is 0 Å². The molecule has 20 heavy (non-hydrogen) atoms. The smallest absolute Gasteiger partial charge is 0.317 e. The van der Waals surface area contributed by atoms with Gasteiger partial charge in [0.2, 0.25) is 0 Å². The van der Waals surface area contributed by atoms with Crippen LogP contribution in [0.1, 0.15) is 38.3 Å². The van der Waals surface area contributed by atoms with E-state index in [0.717, 1.165) is 17.9 Å². The van der Waals surface area contributed by atoms with Gasteiger partial charge in [-0.15, -0.1) is 0 Å². The van der Waals surface area contributed by atoms with Gasteiger partial charge in [-0.05, 0) is 38.7 Å². The molecule has 4 nitrogen and oxygen atoms in total. The van der Waals surface area contributed by atoms with Crippen LogP contribution in [0.5, 0.6) is 5.75 Å². The summed E-state index contributed by atoms with van der Waals surface area (Å²) in [6.45, 7) is 5.57. The molecule has 110 valence electrons. The van der Waals surface area contributed by atoms with Gasteiger partial charge in [0.25, 0.3) is 0 Å². The van der Waals surface area contributed by atoms with E-state index in [1.54, 1.807) is 0 Å². The number of hydrogen-bond acceptors (Lipinski definition) is 3. The average Bonchev–Trinajstić information content (AvgIpc) is 3.22. The highest BCUT2D eigenvalue weighted by atomic mass is 16.5. The van der Waals surface area contributed by atoms with Gasteiger partial charge in [-0.25, -0.2) is 0 Å². The Balaban J connectivity index is 2.16. The Hall–Kier alpha value is -1.55. The van der Waals surface area contributed by atoms with Crippen LogP contribution in [0.25, 0.3) is 0 Å². The molecule has 4 heteroatoms. The quantitative estimate of drug-likeness (QED) is 0.793.